The molecule has 0 fully saturated rings. The number of hydrogen-bond donors (Lipinski definition) is 1. The van der Waals surface area contributed by atoms with Crippen molar-refractivity contribution in [1.82, 2.24) is 14.9 Å². The van der Waals surface area contributed by atoms with Gasteiger partial charge in [0.2, 0.25) is 5.91 Å². The summed E-state index contributed by atoms with van der Waals surface area (Å²) in [6.07, 6.45) is 0.831. The van der Waals surface area contributed by atoms with E-state index in [1.807, 2.05) is 56.4 Å². The lowest BCUT2D eigenvalue weighted by Gasteiger charge is -2.30. The van der Waals surface area contributed by atoms with E-state index in [1.54, 1.807) is 0 Å². The molecule has 2 atom stereocenters. The van der Waals surface area contributed by atoms with E-state index in [0.717, 1.165) is 28.8 Å². The molecule has 0 saturated carbocycles. The zero-order valence-electron chi connectivity index (χ0n) is 13.3. The highest BCUT2D eigenvalue weighted by atomic mass is 16.2. The van der Waals surface area contributed by atoms with Gasteiger partial charge in [-0.3, -0.25) is 4.79 Å². The molecule has 0 unspecified atom stereocenters. The molecule has 3 aromatic rings. The van der Waals surface area contributed by atoms with Crippen molar-refractivity contribution in [3.63, 3.8) is 0 Å². The van der Waals surface area contributed by atoms with Crippen LogP contribution in [-0.2, 0) is 18.3 Å². The second kappa shape index (κ2) is 5.23. The predicted octanol–water partition coefficient (Wildman–Crippen LogP) is 3.09. The Hall–Kier alpha value is -2.62. The lowest BCUT2D eigenvalue weighted by atomic mass is 9.77. The Morgan fingerprint density at radius 1 is 1.22 bits per heavy atom. The summed E-state index contributed by atoms with van der Waals surface area (Å²) in [4.78, 5) is 17.2. The fraction of sp³-hybridized carbons (Fsp3) is 0.263. The molecule has 116 valence electrons. The number of aryl methyl sites for hydroxylation is 1. The molecule has 4 heteroatoms. The Kier molecular flexibility index (Phi) is 3.18. The van der Waals surface area contributed by atoms with Gasteiger partial charge in [-0.15, -0.1) is 0 Å². The van der Waals surface area contributed by atoms with Crippen LogP contribution in [-0.4, -0.2) is 15.5 Å². The highest BCUT2D eigenvalue weighted by Gasteiger charge is 2.32. The number of hydrogen-bond acceptors (Lipinski definition) is 2. The lowest BCUT2D eigenvalue weighted by molar-refractivity contribution is -0.123. The van der Waals surface area contributed by atoms with Crippen molar-refractivity contribution in [2.75, 3.05) is 0 Å². The summed E-state index contributed by atoms with van der Waals surface area (Å²) in [5.41, 5.74) is 4.47. The fourth-order valence-electron chi connectivity index (χ4n) is 3.42. The number of carbonyl (C=O) groups excluding carboxylic acids is 1. The van der Waals surface area contributed by atoms with Crippen LogP contribution in [0.4, 0.5) is 0 Å². The first-order valence-corrected chi connectivity index (χ1v) is 7.94. The van der Waals surface area contributed by atoms with Crippen molar-refractivity contribution in [2.45, 2.75) is 25.3 Å². The Morgan fingerprint density at radius 2 is 1.96 bits per heavy atom. The smallest absolute Gasteiger partial charge is 0.228 e. The summed E-state index contributed by atoms with van der Waals surface area (Å²) in [5.74, 6) is 0.943. The van der Waals surface area contributed by atoms with Gasteiger partial charge in [-0.25, -0.2) is 4.98 Å². The quantitative estimate of drug-likeness (QED) is 0.808. The van der Waals surface area contributed by atoms with Crippen LogP contribution in [0.3, 0.4) is 0 Å². The number of fused-ring (bicyclic) bond motifs is 2. The summed E-state index contributed by atoms with van der Waals surface area (Å²) in [6, 6.07) is 16.1. The monoisotopic (exact) mass is 305 g/mol. The third-order valence-electron chi connectivity index (χ3n) is 4.74. The highest BCUT2D eigenvalue weighted by molar-refractivity contribution is 5.87. The molecule has 0 saturated heterocycles. The molecular weight excluding hydrogens is 286 g/mol. The SMILES string of the molecule is C[C@H](NC(=O)[C@H]1Cc2ccccc21)c1nc2ccccc2n1C. The van der Waals surface area contributed by atoms with Gasteiger partial charge in [0.15, 0.2) is 0 Å². The molecule has 1 aromatic heterocycles. The second-order valence-electron chi connectivity index (χ2n) is 6.20. The van der Waals surface area contributed by atoms with Crippen LogP contribution in [0.2, 0.25) is 0 Å². The predicted molar refractivity (Wildman–Crippen MR) is 90.2 cm³/mol. The van der Waals surface area contributed by atoms with Crippen LogP contribution < -0.4 is 5.32 Å². The Bertz CT molecular complexity index is 897. The maximum Gasteiger partial charge on any atom is 0.228 e. The van der Waals surface area contributed by atoms with E-state index in [2.05, 4.69) is 20.9 Å². The molecule has 4 nitrogen and oxygen atoms in total. The minimum Gasteiger partial charge on any atom is -0.346 e. The first-order valence-electron chi connectivity index (χ1n) is 7.94. The molecule has 0 spiro atoms. The molecule has 0 bridgehead atoms. The summed E-state index contributed by atoms with van der Waals surface area (Å²) >= 11 is 0. The molecule has 1 amide bonds. The number of imidazole rings is 1. The number of aromatic nitrogens is 2. The van der Waals surface area contributed by atoms with Gasteiger partial charge in [-0.2, -0.15) is 0 Å². The van der Waals surface area contributed by atoms with Crippen molar-refractivity contribution >= 4 is 16.9 Å². The number of para-hydroxylation sites is 2. The Balaban J connectivity index is 1.55. The average Bonchev–Trinajstić information content (AvgIpc) is 2.86. The van der Waals surface area contributed by atoms with Gasteiger partial charge < -0.3 is 9.88 Å². The van der Waals surface area contributed by atoms with Crippen LogP contribution in [0, 0.1) is 0 Å². The Morgan fingerprint density at radius 3 is 2.74 bits per heavy atom. The van der Waals surface area contributed by atoms with E-state index in [4.69, 9.17) is 0 Å². The van der Waals surface area contributed by atoms with E-state index >= 15 is 0 Å². The van der Waals surface area contributed by atoms with E-state index in [-0.39, 0.29) is 17.9 Å². The van der Waals surface area contributed by atoms with Gasteiger partial charge in [-0.05, 0) is 36.6 Å². The van der Waals surface area contributed by atoms with Crippen LogP contribution in [0.5, 0.6) is 0 Å². The van der Waals surface area contributed by atoms with E-state index in [0.29, 0.717) is 0 Å². The van der Waals surface area contributed by atoms with Crippen molar-refractivity contribution in [3.8, 4) is 0 Å². The molecule has 4 rings (SSSR count). The fourth-order valence-corrected chi connectivity index (χ4v) is 3.42. The molecule has 0 aliphatic heterocycles. The largest absolute Gasteiger partial charge is 0.346 e. The zero-order chi connectivity index (χ0) is 16.0. The average molecular weight is 305 g/mol. The number of nitrogens with one attached hydrogen (secondary N) is 1. The van der Waals surface area contributed by atoms with Gasteiger partial charge in [0.1, 0.15) is 5.82 Å². The van der Waals surface area contributed by atoms with Gasteiger partial charge in [-0.1, -0.05) is 36.4 Å². The van der Waals surface area contributed by atoms with E-state index < -0.39 is 0 Å². The minimum atomic E-state index is -0.118. The van der Waals surface area contributed by atoms with Gasteiger partial charge in [0, 0.05) is 7.05 Å². The lowest BCUT2D eigenvalue weighted by Crippen LogP contribution is -2.37. The highest BCUT2D eigenvalue weighted by Crippen LogP contribution is 2.35. The molecule has 1 N–H and O–H groups in total. The summed E-state index contributed by atoms with van der Waals surface area (Å²) in [6.45, 7) is 1.99. The van der Waals surface area contributed by atoms with Crippen LogP contribution >= 0.6 is 0 Å². The summed E-state index contributed by atoms with van der Waals surface area (Å²) < 4.78 is 2.05. The van der Waals surface area contributed by atoms with Crippen molar-refractivity contribution < 1.29 is 4.79 Å². The number of amides is 1. The van der Waals surface area contributed by atoms with Crippen molar-refractivity contribution in [3.05, 3.63) is 65.5 Å². The maximum absolute atomic E-state index is 12.6. The van der Waals surface area contributed by atoms with Crippen LogP contribution in [0.1, 0.15) is 35.8 Å². The molecule has 1 heterocycles. The normalized spacial score (nSPS) is 17.4. The first-order chi connectivity index (χ1) is 11.1. The molecular formula is C19H19N3O. The van der Waals surface area contributed by atoms with Crippen molar-refractivity contribution in [1.29, 1.82) is 0 Å². The minimum absolute atomic E-state index is 0.0247. The standard InChI is InChI=1S/C19H19N3O/c1-12(18-21-16-9-5-6-10-17(16)22(18)2)20-19(23)15-11-13-7-3-4-8-14(13)15/h3-10,12,15H,11H2,1-2H3,(H,20,23)/t12-,15-/m0/s1. The molecule has 0 radical (unpaired) electrons. The third kappa shape index (κ3) is 2.22. The number of rotatable bonds is 3. The first kappa shape index (κ1) is 14.0. The number of benzene rings is 2. The van der Waals surface area contributed by atoms with Gasteiger partial charge in [0.05, 0.1) is 23.0 Å². The number of nitrogens with zero attached hydrogens (tertiary/aromatic N) is 2. The molecule has 23 heavy (non-hydrogen) atoms. The van der Waals surface area contributed by atoms with E-state index in [1.165, 1.54) is 5.56 Å². The molecule has 1 aliphatic rings. The van der Waals surface area contributed by atoms with E-state index in [9.17, 15) is 4.79 Å². The summed E-state index contributed by atoms with van der Waals surface area (Å²) in [5, 5.41) is 3.12. The Labute approximate surface area is 135 Å². The molecule has 2 aromatic carbocycles. The second-order valence-corrected chi connectivity index (χ2v) is 6.20. The van der Waals surface area contributed by atoms with Crippen molar-refractivity contribution in [2.24, 2.45) is 7.05 Å². The zero-order valence-corrected chi connectivity index (χ0v) is 13.3. The topological polar surface area (TPSA) is 46.9 Å². The van der Waals surface area contributed by atoms with Gasteiger partial charge >= 0.3 is 0 Å². The third-order valence-corrected chi connectivity index (χ3v) is 4.74. The van der Waals surface area contributed by atoms with Crippen LogP contribution in [0.15, 0.2) is 48.5 Å². The summed E-state index contributed by atoms with van der Waals surface area (Å²) in [7, 11) is 1.99. The number of carbonyl (C=O) groups is 1. The van der Waals surface area contributed by atoms with Crippen LogP contribution in [0.25, 0.3) is 11.0 Å². The molecule has 1 aliphatic carbocycles. The maximum atomic E-state index is 12.6. The van der Waals surface area contributed by atoms with Gasteiger partial charge in [0.25, 0.3) is 0 Å².